The number of nitrogens with zero attached hydrogens (tertiary/aromatic N) is 3. The highest BCUT2D eigenvalue weighted by molar-refractivity contribution is 5.94. The molecule has 4 heteroatoms. The molecular formula is C17H15N3O. The normalized spacial score (nSPS) is 10.8. The molecule has 0 fully saturated rings. The summed E-state index contributed by atoms with van der Waals surface area (Å²) in [7, 11) is 0. The van der Waals surface area contributed by atoms with Gasteiger partial charge in [-0.2, -0.15) is 0 Å². The molecule has 0 N–H and O–H groups in total. The minimum Gasteiger partial charge on any atom is -0.294 e. The van der Waals surface area contributed by atoms with E-state index >= 15 is 0 Å². The number of Topliss-reactive ketones (excluding diaryl/α,β-unsaturated/α-hetero) is 1. The van der Waals surface area contributed by atoms with Gasteiger partial charge in [-0.05, 0) is 38.5 Å². The molecule has 2 aromatic heterocycles. The van der Waals surface area contributed by atoms with Crippen LogP contribution in [-0.4, -0.2) is 20.7 Å². The van der Waals surface area contributed by atoms with Gasteiger partial charge in [-0.15, -0.1) is 0 Å². The van der Waals surface area contributed by atoms with E-state index in [9.17, 15) is 4.79 Å². The second-order valence-electron chi connectivity index (χ2n) is 5.09. The van der Waals surface area contributed by atoms with E-state index in [4.69, 9.17) is 0 Å². The first kappa shape index (κ1) is 13.4. The number of benzene rings is 1. The molecule has 0 unspecified atom stereocenters. The zero-order valence-corrected chi connectivity index (χ0v) is 12.2. The number of hydrogen-bond acceptors (Lipinski definition) is 4. The SMILES string of the molecule is CC(=O)c1cnc(-c2cc(C)c3ccccc3n2)nc1C. The van der Waals surface area contributed by atoms with Crippen molar-refractivity contribution in [3.63, 3.8) is 0 Å². The van der Waals surface area contributed by atoms with Crippen LogP contribution in [0.2, 0.25) is 0 Å². The van der Waals surface area contributed by atoms with Gasteiger partial charge in [-0.3, -0.25) is 4.79 Å². The van der Waals surface area contributed by atoms with Crippen LogP contribution < -0.4 is 0 Å². The summed E-state index contributed by atoms with van der Waals surface area (Å²) in [5.74, 6) is 0.521. The van der Waals surface area contributed by atoms with Gasteiger partial charge in [0.05, 0.1) is 16.8 Å². The van der Waals surface area contributed by atoms with E-state index in [0.717, 1.165) is 22.2 Å². The summed E-state index contributed by atoms with van der Waals surface area (Å²) >= 11 is 0. The minimum atomic E-state index is -0.0262. The molecule has 0 radical (unpaired) electrons. The van der Waals surface area contributed by atoms with Crippen molar-refractivity contribution >= 4 is 16.7 Å². The Morgan fingerprint density at radius 3 is 2.57 bits per heavy atom. The number of aromatic nitrogens is 3. The molecule has 3 rings (SSSR count). The van der Waals surface area contributed by atoms with Crippen molar-refractivity contribution in [3.05, 3.63) is 53.3 Å². The number of pyridine rings is 1. The summed E-state index contributed by atoms with van der Waals surface area (Å²) < 4.78 is 0. The van der Waals surface area contributed by atoms with Crippen molar-refractivity contribution in [2.75, 3.05) is 0 Å². The zero-order valence-electron chi connectivity index (χ0n) is 12.2. The van der Waals surface area contributed by atoms with E-state index in [-0.39, 0.29) is 5.78 Å². The molecule has 0 aliphatic carbocycles. The maximum atomic E-state index is 11.4. The number of carbonyl (C=O) groups excluding carboxylic acids is 1. The Morgan fingerprint density at radius 2 is 1.86 bits per heavy atom. The summed E-state index contributed by atoms with van der Waals surface area (Å²) in [5, 5.41) is 1.12. The second kappa shape index (κ2) is 5.05. The van der Waals surface area contributed by atoms with Crippen LogP contribution in [-0.2, 0) is 0 Å². The molecule has 21 heavy (non-hydrogen) atoms. The standard InChI is InChI=1S/C17H15N3O/c1-10-8-16(20-15-7-5-4-6-13(10)15)17-18-9-14(12(3)21)11(2)19-17/h4-9H,1-3H3. The van der Waals surface area contributed by atoms with Crippen molar-refractivity contribution < 1.29 is 4.79 Å². The number of aryl methyl sites for hydroxylation is 2. The van der Waals surface area contributed by atoms with Gasteiger partial charge in [0.2, 0.25) is 0 Å². The Kier molecular flexibility index (Phi) is 3.22. The third-order valence-electron chi connectivity index (χ3n) is 3.51. The van der Waals surface area contributed by atoms with Crippen LogP contribution >= 0.6 is 0 Å². The lowest BCUT2D eigenvalue weighted by Gasteiger charge is -2.07. The first-order valence-corrected chi connectivity index (χ1v) is 6.77. The number of carbonyl (C=O) groups is 1. The molecule has 2 heterocycles. The number of rotatable bonds is 2. The van der Waals surface area contributed by atoms with Gasteiger partial charge in [0, 0.05) is 11.6 Å². The highest BCUT2D eigenvalue weighted by Gasteiger charge is 2.11. The smallest absolute Gasteiger partial charge is 0.178 e. The summed E-state index contributed by atoms with van der Waals surface area (Å²) in [5.41, 5.74) is 4.01. The molecule has 0 aliphatic heterocycles. The molecule has 0 saturated carbocycles. The largest absolute Gasteiger partial charge is 0.294 e. The van der Waals surface area contributed by atoms with E-state index < -0.39 is 0 Å². The average Bonchev–Trinajstić information content (AvgIpc) is 2.46. The van der Waals surface area contributed by atoms with Gasteiger partial charge in [0.25, 0.3) is 0 Å². The number of hydrogen-bond donors (Lipinski definition) is 0. The maximum Gasteiger partial charge on any atom is 0.178 e. The van der Waals surface area contributed by atoms with Crippen LogP contribution in [0, 0.1) is 13.8 Å². The summed E-state index contributed by atoms with van der Waals surface area (Å²) in [6.45, 7) is 5.38. The van der Waals surface area contributed by atoms with E-state index in [1.165, 1.54) is 6.92 Å². The first-order chi connectivity index (χ1) is 10.1. The van der Waals surface area contributed by atoms with Gasteiger partial charge < -0.3 is 0 Å². The average molecular weight is 277 g/mol. The van der Waals surface area contributed by atoms with Crippen LogP contribution in [0.25, 0.3) is 22.4 Å². The molecule has 1 aromatic carbocycles. The van der Waals surface area contributed by atoms with Crippen LogP contribution in [0.4, 0.5) is 0 Å². The molecule has 0 saturated heterocycles. The zero-order chi connectivity index (χ0) is 15.0. The summed E-state index contributed by atoms with van der Waals surface area (Å²) in [6, 6.07) is 9.96. The van der Waals surface area contributed by atoms with Crippen LogP contribution in [0.5, 0.6) is 0 Å². The van der Waals surface area contributed by atoms with E-state index in [0.29, 0.717) is 17.1 Å². The van der Waals surface area contributed by atoms with Gasteiger partial charge >= 0.3 is 0 Å². The van der Waals surface area contributed by atoms with Crippen LogP contribution in [0.15, 0.2) is 36.5 Å². The third-order valence-corrected chi connectivity index (χ3v) is 3.51. The van der Waals surface area contributed by atoms with E-state index in [1.54, 1.807) is 6.20 Å². The van der Waals surface area contributed by atoms with Gasteiger partial charge in [-0.1, -0.05) is 18.2 Å². The molecule has 0 spiro atoms. The summed E-state index contributed by atoms with van der Waals surface area (Å²) in [4.78, 5) is 24.8. The molecule has 0 amide bonds. The topological polar surface area (TPSA) is 55.7 Å². The molecule has 4 nitrogen and oxygen atoms in total. The predicted octanol–water partition coefficient (Wildman–Crippen LogP) is 3.51. The Morgan fingerprint density at radius 1 is 1.10 bits per heavy atom. The lowest BCUT2D eigenvalue weighted by Crippen LogP contribution is -2.03. The van der Waals surface area contributed by atoms with Crippen molar-refractivity contribution in [3.8, 4) is 11.5 Å². The third kappa shape index (κ3) is 2.40. The first-order valence-electron chi connectivity index (χ1n) is 6.77. The highest BCUT2D eigenvalue weighted by Crippen LogP contribution is 2.22. The fourth-order valence-corrected chi connectivity index (χ4v) is 2.40. The molecule has 0 bridgehead atoms. The van der Waals surface area contributed by atoms with E-state index in [1.807, 2.05) is 44.2 Å². The maximum absolute atomic E-state index is 11.4. The second-order valence-corrected chi connectivity index (χ2v) is 5.09. The molecule has 104 valence electrons. The van der Waals surface area contributed by atoms with Crippen LogP contribution in [0.1, 0.15) is 28.5 Å². The monoisotopic (exact) mass is 277 g/mol. The lowest BCUT2D eigenvalue weighted by molar-refractivity contribution is 0.101. The van der Waals surface area contributed by atoms with Gasteiger partial charge in [0.1, 0.15) is 5.69 Å². The summed E-state index contributed by atoms with van der Waals surface area (Å²) in [6.07, 6.45) is 1.58. The molecule has 0 aliphatic rings. The Balaban J connectivity index is 2.16. The molecular weight excluding hydrogens is 262 g/mol. The van der Waals surface area contributed by atoms with Crippen molar-refractivity contribution in [1.82, 2.24) is 15.0 Å². The van der Waals surface area contributed by atoms with Gasteiger partial charge in [-0.25, -0.2) is 15.0 Å². The fraction of sp³-hybridized carbons (Fsp3) is 0.176. The highest BCUT2D eigenvalue weighted by atomic mass is 16.1. The van der Waals surface area contributed by atoms with Crippen LogP contribution in [0.3, 0.4) is 0 Å². The number of fused-ring (bicyclic) bond motifs is 1. The molecule has 0 atom stereocenters. The number of ketones is 1. The predicted molar refractivity (Wildman–Crippen MR) is 82.2 cm³/mol. The Hall–Kier alpha value is -2.62. The Bertz CT molecular complexity index is 856. The molecule has 3 aromatic rings. The lowest BCUT2D eigenvalue weighted by atomic mass is 10.1. The number of para-hydroxylation sites is 1. The van der Waals surface area contributed by atoms with Crippen molar-refractivity contribution in [2.45, 2.75) is 20.8 Å². The van der Waals surface area contributed by atoms with Gasteiger partial charge in [0.15, 0.2) is 11.6 Å². The Labute approximate surface area is 122 Å². The fourth-order valence-electron chi connectivity index (χ4n) is 2.40. The van der Waals surface area contributed by atoms with Crippen molar-refractivity contribution in [2.24, 2.45) is 0 Å². The van der Waals surface area contributed by atoms with Crippen molar-refractivity contribution in [1.29, 1.82) is 0 Å². The van der Waals surface area contributed by atoms with E-state index in [2.05, 4.69) is 15.0 Å². The minimum absolute atomic E-state index is 0.0262. The quantitative estimate of drug-likeness (QED) is 0.673.